The fraction of sp³-hybridized carbons (Fsp3) is 0.846. The highest BCUT2D eigenvalue weighted by Gasteiger charge is 2.26. The van der Waals surface area contributed by atoms with Crippen LogP contribution in [0.2, 0.25) is 0 Å². The second-order valence-corrected chi connectivity index (χ2v) is 4.71. The minimum atomic E-state index is 0.118. The van der Waals surface area contributed by atoms with Crippen LogP contribution in [0.25, 0.3) is 0 Å². The first-order valence-electron chi connectivity index (χ1n) is 6.14. The van der Waals surface area contributed by atoms with E-state index in [0.717, 1.165) is 5.92 Å². The van der Waals surface area contributed by atoms with Crippen LogP contribution in [0.1, 0.15) is 39.0 Å². The summed E-state index contributed by atoms with van der Waals surface area (Å²) in [6.45, 7) is 2.35. The average Bonchev–Trinajstić information content (AvgIpc) is 2.29. The van der Waals surface area contributed by atoms with E-state index in [2.05, 4.69) is 19.1 Å². The molecule has 0 saturated heterocycles. The molecule has 15 heavy (non-hydrogen) atoms. The van der Waals surface area contributed by atoms with Gasteiger partial charge in [-0.15, -0.1) is 0 Å². The molecular weight excluding hydrogens is 188 g/mol. The Morgan fingerprint density at radius 3 is 2.20 bits per heavy atom. The van der Waals surface area contributed by atoms with Crippen molar-refractivity contribution < 1.29 is 10.2 Å². The standard InChI is InChI=1S/C13H24O2/c1-2-3-4-11-5-7-12(8-6-11)13(9-14)10-15/h2-3,11-15H,4-10H2,1H3/b3-2+. The van der Waals surface area contributed by atoms with Crippen LogP contribution in [0.5, 0.6) is 0 Å². The lowest BCUT2D eigenvalue weighted by Gasteiger charge is -2.31. The molecular formula is C13H24O2. The molecule has 1 saturated carbocycles. The van der Waals surface area contributed by atoms with E-state index in [9.17, 15) is 0 Å². The SMILES string of the molecule is C/C=C/CC1CCC(C(CO)CO)CC1. The van der Waals surface area contributed by atoms with Gasteiger partial charge in [-0.25, -0.2) is 0 Å². The third kappa shape index (κ3) is 3.96. The molecule has 0 spiro atoms. The number of hydrogen-bond donors (Lipinski definition) is 2. The van der Waals surface area contributed by atoms with Crippen molar-refractivity contribution in [2.75, 3.05) is 13.2 Å². The lowest BCUT2D eigenvalue weighted by molar-refractivity contribution is 0.0796. The third-order valence-electron chi connectivity index (χ3n) is 3.73. The summed E-state index contributed by atoms with van der Waals surface area (Å²) in [6, 6.07) is 0. The first kappa shape index (κ1) is 12.7. The van der Waals surface area contributed by atoms with E-state index in [0.29, 0.717) is 5.92 Å². The van der Waals surface area contributed by atoms with Crippen molar-refractivity contribution in [3.05, 3.63) is 12.2 Å². The van der Waals surface area contributed by atoms with E-state index >= 15 is 0 Å². The topological polar surface area (TPSA) is 40.5 Å². The van der Waals surface area contributed by atoms with Gasteiger partial charge in [0.05, 0.1) is 0 Å². The fourth-order valence-electron chi connectivity index (χ4n) is 2.58. The summed E-state index contributed by atoms with van der Waals surface area (Å²) >= 11 is 0. The minimum Gasteiger partial charge on any atom is -0.396 e. The first-order chi connectivity index (χ1) is 7.31. The summed E-state index contributed by atoms with van der Waals surface area (Å²) in [7, 11) is 0. The molecule has 0 bridgehead atoms. The van der Waals surface area contributed by atoms with Crippen LogP contribution in [-0.2, 0) is 0 Å². The summed E-state index contributed by atoms with van der Waals surface area (Å²) in [5, 5.41) is 18.2. The van der Waals surface area contributed by atoms with Gasteiger partial charge in [-0.3, -0.25) is 0 Å². The molecule has 0 unspecified atom stereocenters. The fourth-order valence-corrected chi connectivity index (χ4v) is 2.58. The zero-order valence-electron chi connectivity index (χ0n) is 9.73. The average molecular weight is 212 g/mol. The summed E-state index contributed by atoms with van der Waals surface area (Å²) in [5.41, 5.74) is 0. The smallest absolute Gasteiger partial charge is 0.0483 e. The van der Waals surface area contributed by atoms with Gasteiger partial charge in [0.2, 0.25) is 0 Å². The molecule has 0 radical (unpaired) electrons. The molecule has 0 aliphatic heterocycles. The van der Waals surface area contributed by atoms with Gasteiger partial charge < -0.3 is 10.2 Å². The zero-order valence-corrected chi connectivity index (χ0v) is 9.73. The van der Waals surface area contributed by atoms with Gasteiger partial charge in [-0.2, -0.15) is 0 Å². The third-order valence-corrected chi connectivity index (χ3v) is 3.73. The molecule has 1 aliphatic carbocycles. The van der Waals surface area contributed by atoms with Gasteiger partial charge in [0, 0.05) is 19.1 Å². The van der Waals surface area contributed by atoms with E-state index in [4.69, 9.17) is 10.2 Å². The highest BCUT2D eigenvalue weighted by molar-refractivity contribution is 4.84. The summed E-state index contributed by atoms with van der Waals surface area (Å²) in [4.78, 5) is 0. The van der Waals surface area contributed by atoms with Crippen molar-refractivity contribution in [1.82, 2.24) is 0 Å². The Morgan fingerprint density at radius 2 is 1.73 bits per heavy atom. The number of aliphatic hydroxyl groups excluding tert-OH is 2. The van der Waals surface area contributed by atoms with E-state index in [1.165, 1.54) is 32.1 Å². The molecule has 0 heterocycles. The van der Waals surface area contributed by atoms with Crippen LogP contribution in [-0.4, -0.2) is 23.4 Å². The second-order valence-electron chi connectivity index (χ2n) is 4.71. The molecule has 1 aliphatic rings. The Hall–Kier alpha value is -0.340. The van der Waals surface area contributed by atoms with Crippen molar-refractivity contribution in [3.8, 4) is 0 Å². The largest absolute Gasteiger partial charge is 0.396 e. The van der Waals surface area contributed by atoms with Crippen molar-refractivity contribution in [3.63, 3.8) is 0 Å². The molecule has 88 valence electrons. The molecule has 1 fully saturated rings. The predicted octanol–water partition coefficient (Wildman–Crippen LogP) is 2.36. The lowest BCUT2D eigenvalue weighted by Crippen LogP contribution is -2.26. The Balaban J connectivity index is 2.28. The monoisotopic (exact) mass is 212 g/mol. The van der Waals surface area contributed by atoms with E-state index in [1.807, 2.05) is 0 Å². The van der Waals surface area contributed by atoms with E-state index < -0.39 is 0 Å². The highest BCUT2D eigenvalue weighted by Crippen LogP contribution is 2.34. The summed E-state index contributed by atoms with van der Waals surface area (Å²) in [6.07, 6.45) is 10.4. The lowest BCUT2D eigenvalue weighted by atomic mass is 9.75. The number of hydrogen-bond acceptors (Lipinski definition) is 2. The molecule has 0 aromatic heterocycles. The Labute approximate surface area is 93.0 Å². The summed E-state index contributed by atoms with van der Waals surface area (Å²) < 4.78 is 0. The van der Waals surface area contributed by atoms with Crippen LogP contribution in [0.4, 0.5) is 0 Å². The van der Waals surface area contributed by atoms with Crippen LogP contribution in [0.3, 0.4) is 0 Å². The Bertz CT molecular complexity index is 177. The van der Waals surface area contributed by atoms with Crippen molar-refractivity contribution in [2.45, 2.75) is 39.0 Å². The molecule has 0 amide bonds. The van der Waals surface area contributed by atoms with Gasteiger partial charge in [0.25, 0.3) is 0 Å². The second kappa shape index (κ2) is 7.02. The van der Waals surface area contributed by atoms with Gasteiger partial charge in [-0.05, 0) is 50.9 Å². The van der Waals surface area contributed by atoms with Crippen molar-refractivity contribution in [2.24, 2.45) is 17.8 Å². The molecule has 2 heteroatoms. The highest BCUT2D eigenvalue weighted by atomic mass is 16.3. The Morgan fingerprint density at radius 1 is 1.13 bits per heavy atom. The van der Waals surface area contributed by atoms with E-state index in [-0.39, 0.29) is 19.1 Å². The first-order valence-corrected chi connectivity index (χ1v) is 6.14. The van der Waals surface area contributed by atoms with Gasteiger partial charge >= 0.3 is 0 Å². The molecule has 2 N–H and O–H groups in total. The van der Waals surface area contributed by atoms with Crippen molar-refractivity contribution in [1.29, 1.82) is 0 Å². The van der Waals surface area contributed by atoms with Gasteiger partial charge in [0.1, 0.15) is 0 Å². The molecule has 0 aromatic carbocycles. The number of allylic oxidation sites excluding steroid dienone is 2. The Kier molecular flexibility index (Phi) is 5.96. The van der Waals surface area contributed by atoms with Crippen LogP contribution in [0, 0.1) is 17.8 Å². The zero-order chi connectivity index (χ0) is 11.1. The van der Waals surface area contributed by atoms with Crippen molar-refractivity contribution >= 4 is 0 Å². The van der Waals surface area contributed by atoms with Crippen LogP contribution in [0.15, 0.2) is 12.2 Å². The predicted molar refractivity (Wildman–Crippen MR) is 62.5 cm³/mol. The van der Waals surface area contributed by atoms with Crippen LogP contribution < -0.4 is 0 Å². The maximum absolute atomic E-state index is 9.11. The quantitative estimate of drug-likeness (QED) is 0.687. The van der Waals surface area contributed by atoms with Gasteiger partial charge in [-0.1, -0.05) is 12.2 Å². The maximum atomic E-state index is 9.11. The molecule has 0 atom stereocenters. The number of aliphatic hydroxyl groups is 2. The normalized spacial score (nSPS) is 27.7. The molecule has 0 aromatic rings. The number of rotatable bonds is 5. The van der Waals surface area contributed by atoms with E-state index in [1.54, 1.807) is 0 Å². The summed E-state index contributed by atoms with van der Waals surface area (Å²) in [5.74, 6) is 1.49. The van der Waals surface area contributed by atoms with Gasteiger partial charge in [0.15, 0.2) is 0 Å². The molecule has 1 rings (SSSR count). The molecule has 2 nitrogen and oxygen atoms in total. The minimum absolute atomic E-state index is 0.118. The van der Waals surface area contributed by atoms with Crippen LogP contribution >= 0.6 is 0 Å². The maximum Gasteiger partial charge on any atom is 0.0483 e.